The molecule has 0 spiro atoms. The van der Waals surface area contributed by atoms with Crippen LogP contribution in [0.2, 0.25) is 0 Å². The number of methoxy groups -OCH3 is 1. The van der Waals surface area contributed by atoms with Gasteiger partial charge in [-0.15, -0.1) is 0 Å². The highest BCUT2D eigenvalue weighted by Crippen LogP contribution is 2.36. The van der Waals surface area contributed by atoms with Crippen molar-refractivity contribution in [2.45, 2.75) is 19.3 Å². The fourth-order valence-corrected chi connectivity index (χ4v) is 3.46. The van der Waals surface area contributed by atoms with Crippen LogP contribution in [-0.4, -0.2) is 36.1 Å². The molecule has 1 aromatic heterocycles. The molecule has 2 aromatic carbocycles. The molecule has 0 aliphatic carbocycles. The molecule has 140 valence electrons. The van der Waals surface area contributed by atoms with E-state index in [0.29, 0.717) is 19.6 Å². The Labute approximate surface area is 157 Å². The van der Waals surface area contributed by atoms with E-state index in [9.17, 15) is 4.79 Å². The van der Waals surface area contributed by atoms with E-state index in [1.165, 1.54) is 0 Å². The summed E-state index contributed by atoms with van der Waals surface area (Å²) in [6, 6.07) is 13.8. The standard InChI is InChI=1S/C21H23N3O3/c1-26-18-9-4-6-14-12-15(13-27-20(14)18)21(25)22-11-5-10-19-23-16-7-2-3-8-17(16)24-19/h2-4,6-9,15H,5,10-13H2,1H3,(H,22,25)(H,23,24)/t15-/m1/s1. The number of amides is 1. The molecule has 6 nitrogen and oxygen atoms in total. The van der Waals surface area contributed by atoms with E-state index in [2.05, 4.69) is 15.3 Å². The number of carbonyl (C=O) groups is 1. The number of aryl methyl sites for hydroxylation is 1. The first-order chi connectivity index (χ1) is 13.2. The lowest BCUT2D eigenvalue weighted by Gasteiger charge is -2.25. The van der Waals surface area contributed by atoms with Gasteiger partial charge in [-0.1, -0.05) is 24.3 Å². The van der Waals surface area contributed by atoms with E-state index >= 15 is 0 Å². The smallest absolute Gasteiger partial charge is 0.226 e. The fourth-order valence-electron chi connectivity index (χ4n) is 3.46. The zero-order chi connectivity index (χ0) is 18.6. The Hall–Kier alpha value is -3.02. The van der Waals surface area contributed by atoms with Gasteiger partial charge in [-0.2, -0.15) is 0 Å². The highest BCUT2D eigenvalue weighted by molar-refractivity contribution is 5.79. The minimum Gasteiger partial charge on any atom is -0.493 e. The average molecular weight is 365 g/mol. The van der Waals surface area contributed by atoms with Gasteiger partial charge < -0.3 is 19.8 Å². The van der Waals surface area contributed by atoms with Crippen molar-refractivity contribution >= 4 is 16.9 Å². The van der Waals surface area contributed by atoms with Crippen molar-refractivity contribution in [2.24, 2.45) is 5.92 Å². The summed E-state index contributed by atoms with van der Waals surface area (Å²) in [5.41, 5.74) is 3.04. The highest BCUT2D eigenvalue weighted by Gasteiger charge is 2.27. The first-order valence-corrected chi connectivity index (χ1v) is 9.24. The molecular weight excluding hydrogens is 342 g/mol. The summed E-state index contributed by atoms with van der Waals surface area (Å²) >= 11 is 0. The predicted molar refractivity (Wildman–Crippen MR) is 103 cm³/mol. The molecule has 0 bridgehead atoms. The largest absolute Gasteiger partial charge is 0.493 e. The van der Waals surface area contributed by atoms with E-state index < -0.39 is 0 Å². The number of nitrogens with one attached hydrogen (secondary N) is 2. The van der Waals surface area contributed by atoms with Crippen LogP contribution in [0.4, 0.5) is 0 Å². The molecule has 27 heavy (non-hydrogen) atoms. The van der Waals surface area contributed by atoms with Gasteiger partial charge in [0.05, 0.1) is 24.1 Å². The van der Waals surface area contributed by atoms with E-state index in [0.717, 1.165) is 46.8 Å². The molecule has 1 aliphatic heterocycles. The number of hydrogen-bond donors (Lipinski definition) is 2. The Kier molecular flexibility index (Phi) is 4.96. The van der Waals surface area contributed by atoms with Crippen LogP contribution in [0, 0.1) is 5.92 Å². The molecule has 0 saturated carbocycles. The number of ether oxygens (including phenoxy) is 2. The van der Waals surface area contributed by atoms with Gasteiger partial charge in [0.25, 0.3) is 0 Å². The van der Waals surface area contributed by atoms with E-state index in [1.807, 2.05) is 42.5 Å². The lowest BCUT2D eigenvalue weighted by molar-refractivity contribution is -0.126. The van der Waals surface area contributed by atoms with Gasteiger partial charge in [0.2, 0.25) is 5.91 Å². The van der Waals surface area contributed by atoms with Crippen LogP contribution in [0.15, 0.2) is 42.5 Å². The first kappa shape index (κ1) is 17.4. The maximum Gasteiger partial charge on any atom is 0.226 e. The third-order valence-corrected chi connectivity index (χ3v) is 4.87. The van der Waals surface area contributed by atoms with Crippen LogP contribution in [-0.2, 0) is 17.6 Å². The molecule has 1 amide bonds. The third kappa shape index (κ3) is 3.74. The normalized spacial score (nSPS) is 15.8. The molecule has 0 saturated heterocycles. The Morgan fingerprint density at radius 3 is 3.04 bits per heavy atom. The zero-order valence-corrected chi connectivity index (χ0v) is 15.3. The van der Waals surface area contributed by atoms with Crippen LogP contribution in [0.25, 0.3) is 11.0 Å². The summed E-state index contributed by atoms with van der Waals surface area (Å²) in [6.45, 7) is 1.00. The number of para-hydroxylation sites is 3. The number of aromatic nitrogens is 2. The summed E-state index contributed by atoms with van der Waals surface area (Å²) in [5.74, 6) is 2.29. The number of carbonyl (C=O) groups excluding carboxylic acids is 1. The molecule has 2 heterocycles. The molecule has 3 aromatic rings. The summed E-state index contributed by atoms with van der Waals surface area (Å²) in [7, 11) is 1.62. The monoisotopic (exact) mass is 365 g/mol. The van der Waals surface area contributed by atoms with Gasteiger partial charge in [-0.3, -0.25) is 4.79 Å². The SMILES string of the molecule is COc1cccc2c1OC[C@H](C(=O)NCCCc1nc3ccccc3[nH]1)C2. The fraction of sp³-hybridized carbons (Fsp3) is 0.333. The molecule has 6 heteroatoms. The summed E-state index contributed by atoms with van der Waals surface area (Å²) in [6.07, 6.45) is 2.31. The molecule has 1 atom stereocenters. The number of rotatable bonds is 6. The summed E-state index contributed by atoms with van der Waals surface area (Å²) in [4.78, 5) is 20.3. The quantitative estimate of drug-likeness (QED) is 0.659. The van der Waals surface area contributed by atoms with Crippen LogP contribution >= 0.6 is 0 Å². The summed E-state index contributed by atoms with van der Waals surface area (Å²) in [5, 5.41) is 3.02. The van der Waals surface area contributed by atoms with E-state index in [1.54, 1.807) is 7.11 Å². The van der Waals surface area contributed by atoms with E-state index in [-0.39, 0.29) is 11.8 Å². The summed E-state index contributed by atoms with van der Waals surface area (Å²) < 4.78 is 11.1. The van der Waals surface area contributed by atoms with Crippen LogP contribution < -0.4 is 14.8 Å². The first-order valence-electron chi connectivity index (χ1n) is 9.24. The van der Waals surface area contributed by atoms with Gasteiger partial charge in [-0.25, -0.2) is 4.98 Å². The average Bonchev–Trinajstić information content (AvgIpc) is 3.13. The Bertz CT molecular complexity index is 918. The van der Waals surface area contributed by atoms with Gasteiger partial charge in [0.1, 0.15) is 12.4 Å². The predicted octanol–water partition coefficient (Wildman–Crippen LogP) is 2.87. The minimum absolute atomic E-state index is 0.0353. The van der Waals surface area contributed by atoms with Crippen molar-refractivity contribution in [3.63, 3.8) is 0 Å². The number of benzene rings is 2. The second-order valence-corrected chi connectivity index (χ2v) is 6.76. The number of nitrogens with zero attached hydrogens (tertiary/aromatic N) is 1. The molecule has 0 radical (unpaired) electrons. The number of H-pyrrole nitrogens is 1. The second kappa shape index (κ2) is 7.70. The Morgan fingerprint density at radius 2 is 2.19 bits per heavy atom. The molecular formula is C21H23N3O3. The second-order valence-electron chi connectivity index (χ2n) is 6.76. The van der Waals surface area contributed by atoms with Crippen molar-refractivity contribution in [1.82, 2.24) is 15.3 Å². The zero-order valence-electron chi connectivity index (χ0n) is 15.3. The van der Waals surface area contributed by atoms with Gasteiger partial charge in [-0.05, 0) is 36.6 Å². The van der Waals surface area contributed by atoms with E-state index in [4.69, 9.17) is 9.47 Å². The maximum atomic E-state index is 12.5. The maximum absolute atomic E-state index is 12.5. The van der Waals surface area contributed by atoms with Crippen molar-refractivity contribution in [2.75, 3.05) is 20.3 Å². The van der Waals surface area contributed by atoms with Crippen molar-refractivity contribution in [3.05, 3.63) is 53.9 Å². The number of aromatic amines is 1. The van der Waals surface area contributed by atoms with Gasteiger partial charge >= 0.3 is 0 Å². The minimum atomic E-state index is -0.171. The lowest BCUT2D eigenvalue weighted by Crippen LogP contribution is -2.37. The van der Waals surface area contributed by atoms with Gasteiger partial charge in [0.15, 0.2) is 11.5 Å². The topological polar surface area (TPSA) is 76.2 Å². The molecule has 1 aliphatic rings. The van der Waals surface area contributed by atoms with Crippen molar-refractivity contribution in [3.8, 4) is 11.5 Å². The Balaban J connectivity index is 1.27. The lowest BCUT2D eigenvalue weighted by atomic mass is 9.95. The van der Waals surface area contributed by atoms with Crippen molar-refractivity contribution in [1.29, 1.82) is 0 Å². The Morgan fingerprint density at radius 1 is 1.30 bits per heavy atom. The van der Waals surface area contributed by atoms with Crippen molar-refractivity contribution < 1.29 is 14.3 Å². The number of hydrogen-bond acceptors (Lipinski definition) is 4. The molecule has 4 rings (SSSR count). The number of fused-ring (bicyclic) bond motifs is 2. The highest BCUT2D eigenvalue weighted by atomic mass is 16.5. The van der Waals surface area contributed by atoms with Gasteiger partial charge in [0, 0.05) is 13.0 Å². The molecule has 0 fully saturated rings. The molecule has 2 N–H and O–H groups in total. The van der Waals surface area contributed by atoms with Crippen LogP contribution in [0.5, 0.6) is 11.5 Å². The molecule has 0 unspecified atom stereocenters. The third-order valence-electron chi connectivity index (χ3n) is 4.87. The number of imidazole rings is 1. The van der Waals surface area contributed by atoms with Crippen LogP contribution in [0.3, 0.4) is 0 Å². The van der Waals surface area contributed by atoms with Crippen LogP contribution in [0.1, 0.15) is 17.8 Å².